The van der Waals surface area contributed by atoms with E-state index in [0.29, 0.717) is 12.4 Å². The molecule has 1 aromatic rings. The van der Waals surface area contributed by atoms with Gasteiger partial charge in [-0.05, 0) is 6.42 Å². The number of amides is 1. The van der Waals surface area contributed by atoms with Crippen molar-refractivity contribution >= 4 is 17.5 Å². The summed E-state index contributed by atoms with van der Waals surface area (Å²) in [6.07, 6.45) is 0.858. The van der Waals surface area contributed by atoms with Crippen molar-refractivity contribution in [2.45, 2.75) is 39.7 Å². The number of hydrogen-bond donors (Lipinski definition) is 1. The van der Waals surface area contributed by atoms with Crippen LogP contribution in [0.3, 0.4) is 0 Å². The summed E-state index contributed by atoms with van der Waals surface area (Å²) in [6, 6.07) is 1.22. The first-order chi connectivity index (χ1) is 8.45. The van der Waals surface area contributed by atoms with E-state index in [-0.39, 0.29) is 29.1 Å². The van der Waals surface area contributed by atoms with Gasteiger partial charge in [0, 0.05) is 18.5 Å². The molecule has 0 aliphatic carbocycles. The summed E-state index contributed by atoms with van der Waals surface area (Å²) in [5.74, 6) is 0.361. The number of nitrogens with zero attached hydrogens (tertiary/aromatic N) is 2. The summed E-state index contributed by atoms with van der Waals surface area (Å²) in [5, 5.41) is 2.89. The van der Waals surface area contributed by atoms with Gasteiger partial charge < -0.3 is 5.32 Å². The Hall–Kier alpha value is -1.36. The second-order valence-electron chi connectivity index (χ2n) is 4.37. The quantitative estimate of drug-likeness (QED) is 0.827. The summed E-state index contributed by atoms with van der Waals surface area (Å²) in [5.41, 5.74) is -0.301. The van der Waals surface area contributed by atoms with E-state index in [1.165, 1.54) is 10.6 Å². The molecule has 18 heavy (non-hydrogen) atoms. The van der Waals surface area contributed by atoms with Crippen molar-refractivity contribution in [3.8, 4) is 0 Å². The third kappa shape index (κ3) is 3.84. The number of carbonyl (C=O) groups is 1. The van der Waals surface area contributed by atoms with Gasteiger partial charge in [0.15, 0.2) is 0 Å². The van der Waals surface area contributed by atoms with E-state index in [1.54, 1.807) is 0 Å². The van der Waals surface area contributed by atoms with Gasteiger partial charge in [0.2, 0.25) is 5.91 Å². The van der Waals surface area contributed by atoms with Gasteiger partial charge in [-0.3, -0.25) is 14.2 Å². The van der Waals surface area contributed by atoms with E-state index < -0.39 is 0 Å². The summed E-state index contributed by atoms with van der Waals surface area (Å²) in [4.78, 5) is 27.6. The minimum atomic E-state index is -0.301. The summed E-state index contributed by atoms with van der Waals surface area (Å²) in [6.45, 7) is 6.36. The minimum Gasteiger partial charge on any atom is -0.355 e. The highest BCUT2D eigenvalue weighted by Crippen LogP contribution is 2.12. The molecular weight excluding hydrogens is 254 g/mol. The lowest BCUT2D eigenvalue weighted by atomic mass is 10.2. The maximum absolute atomic E-state index is 11.8. The number of halogens is 1. The molecule has 1 heterocycles. The van der Waals surface area contributed by atoms with Crippen molar-refractivity contribution in [1.29, 1.82) is 0 Å². The highest BCUT2D eigenvalue weighted by molar-refractivity contribution is 6.29. The molecule has 1 N–H and O–H groups in total. The van der Waals surface area contributed by atoms with Gasteiger partial charge in [-0.25, -0.2) is 4.98 Å². The Balaban J connectivity index is 3.00. The van der Waals surface area contributed by atoms with Crippen LogP contribution in [0.1, 0.15) is 38.9 Å². The molecule has 0 fully saturated rings. The fourth-order valence-corrected chi connectivity index (χ4v) is 1.74. The molecule has 0 aromatic carbocycles. The zero-order valence-corrected chi connectivity index (χ0v) is 11.6. The van der Waals surface area contributed by atoms with E-state index in [0.717, 1.165) is 6.42 Å². The normalized spacial score (nSPS) is 10.7. The molecule has 0 atom stereocenters. The monoisotopic (exact) mass is 271 g/mol. The van der Waals surface area contributed by atoms with Gasteiger partial charge >= 0.3 is 0 Å². The number of rotatable bonds is 5. The second kappa shape index (κ2) is 6.54. The van der Waals surface area contributed by atoms with Crippen LogP contribution in [0.2, 0.25) is 5.15 Å². The van der Waals surface area contributed by atoms with Crippen LogP contribution in [0.15, 0.2) is 10.9 Å². The van der Waals surface area contributed by atoms with Gasteiger partial charge in [-0.1, -0.05) is 32.4 Å². The molecule has 6 heteroatoms. The molecular formula is C12H18ClN3O2. The summed E-state index contributed by atoms with van der Waals surface area (Å²) < 4.78 is 1.36. The topological polar surface area (TPSA) is 64.0 Å². The Morgan fingerprint density at radius 1 is 1.56 bits per heavy atom. The molecule has 1 aromatic heterocycles. The molecule has 0 unspecified atom stereocenters. The van der Waals surface area contributed by atoms with E-state index >= 15 is 0 Å². The Morgan fingerprint density at radius 3 is 2.78 bits per heavy atom. The van der Waals surface area contributed by atoms with Crippen molar-refractivity contribution in [3.05, 3.63) is 27.4 Å². The zero-order chi connectivity index (χ0) is 13.7. The Labute approximate surface area is 111 Å². The van der Waals surface area contributed by atoms with Crippen LogP contribution in [-0.2, 0) is 11.3 Å². The fourth-order valence-electron chi connectivity index (χ4n) is 1.56. The fraction of sp³-hybridized carbons (Fsp3) is 0.583. The molecule has 0 saturated heterocycles. The lowest BCUT2D eigenvalue weighted by Crippen LogP contribution is -2.34. The van der Waals surface area contributed by atoms with E-state index in [4.69, 9.17) is 11.6 Å². The van der Waals surface area contributed by atoms with Crippen molar-refractivity contribution in [2.75, 3.05) is 6.54 Å². The van der Waals surface area contributed by atoms with Crippen LogP contribution < -0.4 is 10.9 Å². The lowest BCUT2D eigenvalue weighted by Gasteiger charge is -2.14. The highest BCUT2D eigenvalue weighted by Gasteiger charge is 2.13. The average Bonchev–Trinajstić information content (AvgIpc) is 2.29. The molecule has 0 aliphatic rings. The van der Waals surface area contributed by atoms with Gasteiger partial charge in [-0.15, -0.1) is 0 Å². The molecule has 1 rings (SSSR count). The zero-order valence-electron chi connectivity index (χ0n) is 10.9. The maximum atomic E-state index is 11.8. The van der Waals surface area contributed by atoms with E-state index in [2.05, 4.69) is 10.3 Å². The molecule has 0 saturated carbocycles. The van der Waals surface area contributed by atoms with Crippen molar-refractivity contribution in [2.24, 2.45) is 0 Å². The number of nitrogens with one attached hydrogen (secondary N) is 1. The smallest absolute Gasteiger partial charge is 0.255 e. The van der Waals surface area contributed by atoms with Gasteiger partial charge in [-0.2, -0.15) is 0 Å². The Kier molecular flexibility index (Phi) is 5.34. The maximum Gasteiger partial charge on any atom is 0.255 e. The molecule has 100 valence electrons. The molecule has 0 bridgehead atoms. The highest BCUT2D eigenvalue weighted by atomic mass is 35.5. The standard InChI is InChI=1S/C12H18ClN3O2/c1-4-5-14-10(17)7-16-11(18)6-9(13)15-12(16)8(2)3/h6,8H,4-5,7H2,1-3H3,(H,14,17). The molecule has 0 aliphatic heterocycles. The largest absolute Gasteiger partial charge is 0.355 e. The number of hydrogen-bond acceptors (Lipinski definition) is 3. The Bertz CT molecular complexity index is 483. The molecule has 5 nitrogen and oxygen atoms in total. The van der Waals surface area contributed by atoms with E-state index in [9.17, 15) is 9.59 Å². The van der Waals surface area contributed by atoms with Gasteiger partial charge in [0.05, 0.1) is 0 Å². The summed E-state index contributed by atoms with van der Waals surface area (Å²) in [7, 11) is 0. The van der Waals surface area contributed by atoms with Crippen LogP contribution in [-0.4, -0.2) is 22.0 Å². The third-order valence-electron chi connectivity index (χ3n) is 2.40. The van der Waals surface area contributed by atoms with Crippen LogP contribution in [0.4, 0.5) is 0 Å². The third-order valence-corrected chi connectivity index (χ3v) is 2.59. The van der Waals surface area contributed by atoms with E-state index in [1.807, 2.05) is 20.8 Å². The van der Waals surface area contributed by atoms with Crippen molar-refractivity contribution in [3.63, 3.8) is 0 Å². The predicted molar refractivity (Wildman–Crippen MR) is 70.9 cm³/mol. The average molecular weight is 272 g/mol. The first-order valence-electron chi connectivity index (χ1n) is 5.99. The first kappa shape index (κ1) is 14.7. The van der Waals surface area contributed by atoms with Crippen LogP contribution in [0, 0.1) is 0 Å². The lowest BCUT2D eigenvalue weighted by molar-refractivity contribution is -0.121. The summed E-state index contributed by atoms with van der Waals surface area (Å²) >= 11 is 5.76. The number of carbonyl (C=O) groups excluding carboxylic acids is 1. The van der Waals surface area contributed by atoms with Gasteiger partial charge in [0.25, 0.3) is 5.56 Å². The second-order valence-corrected chi connectivity index (χ2v) is 4.75. The molecule has 1 amide bonds. The van der Waals surface area contributed by atoms with Crippen molar-refractivity contribution < 1.29 is 4.79 Å². The van der Waals surface area contributed by atoms with Gasteiger partial charge in [0.1, 0.15) is 17.5 Å². The van der Waals surface area contributed by atoms with Crippen LogP contribution in [0.25, 0.3) is 0 Å². The molecule has 0 spiro atoms. The predicted octanol–water partition coefficient (Wildman–Crippen LogP) is 1.55. The number of aromatic nitrogens is 2. The SMILES string of the molecule is CCCNC(=O)Cn1c(C(C)C)nc(Cl)cc1=O. The van der Waals surface area contributed by atoms with Crippen molar-refractivity contribution in [1.82, 2.24) is 14.9 Å². The minimum absolute atomic E-state index is 0.0173. The van der Waals surface area contributed by atoms with Crippen LogP contribution in [0.5, 0.6) is 0 Å². The first-order valence-corrected chi connectivity index (χ1v) is 6.37. The Morgan fingerprint density at radius 2 is 2.22 bits per heavy atom. The molecule has 0 radical (unpaired) electrons. The van der Waals surface area contributed by atoms with Crippen LogP contribution >= 0.6 is 11.6 Å².